The maximum absolute atomic E-state index is 12.9. The van der Waals surface area contributed by atoms with Crippen LogP contribution in [0.5, 0.6) is 11.5 Å². The normalized spacial score (nSPS) is 11.4. The van der Waals surface area contributed by atoms with Crippen LogP contribution < -0.4 is 4.74 Å². The van der Waals surface area contributed by atoms with E-state index < -0.39 is 23.7 Å². The van der Waals surface area contributed by atoms with E-state index in [4.69, 9.17) is 14.9 Å². The molecular weight excluding hydrogens is 547 g/mol. The Balaban J connectivity index is 1.42. The molecule has 6 nitrogen and oxygen atoms in total. The molecule has 0 amide bonds. The van der Waals surface area contributed by atoms with E-state index in [-0.39, 0.29) is 12.0 Å². The van der Waals surface area contributed by atoms with E-state index in [1.54, 1.807) is 48.5 Å². The van der Waals surface area contributed by atoms with Gasteiger partial charge >= 0.3 is 18.1 Å². The van der Waals surface area contributed by atoms with E-state index in [0.29, 0.717) is 49.5 Å². The third kappa shape index (κ3) is 8.94. The SMILES string of the molecule is O=C(O)CCCCN(Cc1ccc(C(=O)O)cc1)Cc1cccc(Oc2ccc(-c3ccc(C(F)(F)F)cc3)cc2)c1. The Kier molecular flexibility index (Phi) is 9.98. The van der Waals surface area contributed by atoms with E-state index >= 15 is 0 Å². The topological polar surface area (TPSA) is 87.1 Å². The average Bonchev–Trinajstić information content (AvgIpc) is 2.96. The molecule has 0 radical (unpaired) electrons. The third-order valence-electron chi connectivity index (χ3n) is 6.66. The Morgan fingerprint density at radius 2 is 1.33 bits per heavy atom. The molecule has 0 heterocycles. The molecule has 0 atom stereocenters. The number of aromatic carboxylic acids is 1. The first kappa shape index (κ1) is 30.3. The van der Waals surface area contributed by atoms with Gasteiger partial charge in [-0.1, -0.05) is 48.5 Å². The zero-order valence-corrected chi connectivity index (χ0v) is 22.7. The molecule has 4 aromatic rings. The Hall–Kier alpha value is -4.63. The number of carboxylic acids is 2. The highest BCUT2D eigenvalue weighted by atomic mass is 19.4. The van der Waals surface area contributed by atoms with Crippen LogP contribution in [-0.4, -0.2) is 33.6 Å². The first-order chi connectivity index (χ1) is 20.1. The summed E-state index contributed by atoms with van der Waals surface area (Å²) >= 11 is 0. The summed E-state index contributed by atoms with van der Waals surface area (Å²) in [6.07, 6.45) is -3.03. The fourth-order valence-corrected chi connectivity index (χ4v) is 4.51. The number of alkyl halides is 3. The van der Waals surface area contributed by atoms with Crippen LogP contribution in [0.3, 0.4) is 0 Å². The minimum absolute atomic E-state index is 0.0993. The lowest BCUT2D eigenvalue weighted by atomic mass is 10.0. The molecule has 0 unspecified atom stereocenters. The second-order valence-electron chi connectivity index (χ2n) is 9.91. The Morgan fingerprint density at radius 3 is 1.93 bits per heavy atom. The standard InChI is InChI=1S/C33H30F3NO5/c34-33(35,36)28-15-11-25(12-16-28)26-13-17-29(18-14-26)42-30-5-3-4-24(20-30)22-37(19-2-1-6-31(38)39)21-23-7-9-27(10-8-23)32(40)41/h3-5,7-18,20H,1-2,6,19,21-22H2,(H,38,39)(H,40,41). The molecule has 0 aromatic heterocycles. The zero-order chi connectivity index (χ0) is 30.1. The molecule has 0 bridgehead atoms. The highest BCUT2D eigenvalue weighted by Gasteiger charge is 2.29. The lowest BCUT2D eigenvalue weighted by molar-refractivity contribution is -0.138. The maximum atomic E-state index is 12.9. The number of carboxylic acid groups (broad SMARTS) is 2. The number of hydrogen-bond acceptors (Lipinski definition) is 4. The van der Waals surface area contributed by atoms with E-state index in [1.165, 1.54) is 12.1 Å². The minimum Gasteiger partial charge on any atom is -0.481 e. The first-order valence-electron chi connectivity index (χ1n) is 13.4. The molecule has 0 fully saturated rings. The summed E-state index contributed by atoms with van der Waals surface area (Å²) in [5.41, 5.74) is 2.87. The summed E-state index contributed by atoms with van der Waals surface area (Å²) in [5.74, 6) is -0.626. The molecule has 0 spiro atoms. The van der Waals surface area contributed by atoms with Gasteiger partial charge in [-0.3, -0.25) is 9.69 Å². The summed E-state index contributed by atoms with van der Waals surface area (Å²) < 4.78 is 44.6. The highest BCUT2D eigenvalue weighted by Crippen LogP contribution is 2.32. The van der Waals surface area contributed by atoms with Crippen LogP contribution in [0, 0.1) is 0 Å². The van der Waals surface area contributed by atoms with Crippen molar-refractivity contribution in [1.82, 2.24) is 4.90 Å². The number of ether oxygens (including phenoxy) is 1. The van der Waals surface area contributed by atoms with Crippen molar-refractivity contribution in [2.24, 2.45) is 0 Å². The van der Waals surface area contributed by atoms with E-state index in [2.05, 4.69) is 4.90 Å². The molecule has 42 heavy (non-hydrogen) atoms. The molecule has 0 aliphatic carbocycles. The van der Waals surface area contributed by atoms with Gasteiger partial charge < -0.3 is 14.9 Å². The van der Waals surface area contributed by atoms with Crippen molar-refractivity contribution in [1.29, 1.82) is 0 Å². The Morgan fingerprint density at radius 1 is 0.714 bits per heavy atom. The molecule has 4 rings (SSSR count). The molecule has 0 saturated heterocycles. The van der Waals surface area contributed by atoms with Crippen LogP contribution in [0.4, 0.5) is 13.2 Å². The molecule has 9 heteroatoms. The van der Waals surface area contributed by atoms with Gasteiger partial charge in [-0.25, -0.2) is 4.79 Å². The molecule has 0 aliphatic heterocycles. The van der Waals surface area contributed by atoms with E-state index in [9.17, 15) is 22.8 Å². The number of rotatable bonds is 13. The highest BCUT2D eigenvalue weighted by molar-refractivity contribution is 5.87. The van der Waals surface area contributed by atoms with E-state index in [0.717, 1.165) is 28.8 Å². The second kappa shape index (κ2) is 13.8. The van der Waals surface area contributed by atoms with Crippen molar-refractivity contribution in [3.05, 3.63) is 119 Å². The quantitative estimate of drug-likeness (QED) is 0.156. The predicted octanol–water partition coefficient (Wildman–Crippen LogP) is 8.12. The van der Waals surface area contributed by atoms with Gasteiger partial charge in [-0.05, 0) is 90.2 Å². The number of halogens is 3. The van der Waals surface area contributed by atoms with Crippen LogP contribution in [0.2, 0.25) is 0 Å². The van der Waals surface area contributed by atoms with Gasteiger partial charge in [0.15, 0.2) is 0 Å². The summed E-state index contributed by atoms with van der Waals surface area (Å²) in [5, 5.41) is 18.1. The van der Waals surface area contributed by atoms with Crippen molar-refractivity contribution >= 4 is 11.9 Å². The summed E-state index contributed by atoms with van der Waals surface area (Å²) in [6, 6.07) is 26.4. The van der Waals surface area contributed by atoms with Gasteiger partial charge in [0, 0.05) is 19.5 Å². The first-order valence-corrected chi connectivity index (χ1v) is 13.4. The van der Waals surface area contributed by atoms with Crippen LogP contribution >= 0.6 is 0 Å². The lowest BCUT2D eigenvalue weighted by Gasteiger charge is -2.23. The molecule has 0 saturated carbocycles. The van der Waals surface area contributed by atoms with Gasteiger partial charge in [-0.2, -0.15) is 13.2 Å². The fourth-order valence-electron chi connectivity index (χ4n) is 4.51. The van der Waals surface area contributed by atoms with Gasteiger partial charge in [0.1, 0.15) is 11.5 Å². The monoisotopic (exact) mass is 577 g/mol. The second-order valence-corrected chi connectivity index (χ2v) is 9.91. The van der Waals surface area contributed by atoms with Crippen molar-refractivity contribution < 1.29 is 37.7 Å². The predicted molar refractivity (Wildman–Crippen MR) is 152 cm³/mol. The molecular formula is C33H30F3NO5. The van der Waals surface area contributed by atoms with Gasteiger partial charge in [0.05, 0.1) is 11.1 Å². The molecule has 218 valence electrons. The van der Waals surface area contributed by atoms with Crippen LogP contribution in [0.25, 0.3) is 11.1 Å². The van der Waals surface area contributed by atoms with E-state index in [1.807, 2.05) is 24.3 Å². The number of hydrogen-bond donors (Lipinski definition) is 2. The van der Waals surface area contributed by atoms with Gasteiger partial charge in [0.2, 0.25) is 0 Å². The Labute approximate surface area is 241 Å². The maximum Gasteiger partial charge on any atom is 0.416 e. The summed E-state index contributed by atoms with van der Waals surface area (Å²) in [7, 11) is 0. The van der Waals surface area contributed by atoms with Crippen LogP contribution in [0.15, 0.2) is 97.1 Å². The Bertz CT molecular complexity index is 1480. The third-order valence-corrected chi connectivity index (χ3v) is 6.66. The van der Waals surface area contributed by atoms with Gasteiger partial charge in [-0.15, -0.1) is 0 Å². The van der Waals surface area contributed by atoms with Crippen molar-refractivity contribution in [3.8, 4) is 22.6 Å². The molecule has 4 aromatic carbocycles. The summed E-state index contributed by atoms with van der Waals surface area (Å²) in [4.78, 5) is 24.3. The minimum atomic E-state index is -4.38. The van der Waals surface area contributed by atoms with Gasteiger partial charge in [0.25, 0.3) is 0 Å². The van der Waals surface area contributed by atoms with Crippen molar-refractivity contribution in [2.45, 2.75) is 38.5 Å². The van der Waals surface area contributed by atoms with Crippen LogP contribution in [-0.2, 0) is 24.1 Å². The largest absolute Gasteiger partial charge is 0.481 e. The average molecular weight is 578 g/mol. The van der Waals surface area contributed by atoms with Crippen LogP contribution in [0.1, 0.15) is 46.3 Å². The number of unbranched alkanes of at least 4 members (excludes halogenated alkanes) is 1. The molecule has 2 N–H and O–H groups in total. The van der Waals surface area contributed by atoms with Crippen molar-refractivity contribution in [2.75, 3.05) is 6.54 Å². The number of aliphatic carboxylic acids is 1. The smallest absolute Gasteiger partial charge is 0.416 e. The number of benzene rings is 4. The zero-order valence-electron chi connectivity index (χ0n) is 22.7. The number of carbonyl (C=O) groups is 2. The number of nitrogens with zero attached hydrogens (tertiary/aromatic N) is 1. The summed E-state index contributed by atoms with van der Waals surface area (Å²) in [6.45, 7) is 1.78. The lowest BCUT2D eigenvalue weighted by Crippen LogP contribution is -2.24. The van der Waals surface area contributed by atoms with Crippen molar-refractivity contribution in [3.63, 3.8) is 0 Å². The fraction of sp³-hybridized carbons (Fsp3) is 0.212. The molecule has 0 aliphatic rings.